The van der Waals surface area contributed by atoms with Gasteiger partial charge < -0.3 is 10.1 Å². The SMILES string of the molecule is O=C(COc1ccccc1F)NCc1nccs1. The summed E-state index contributed by atoms with van der Waals surface area (Å²) < 4.78 is 18.2. The molecular weight excluding hydrogens is 255 g/mol. The van der Waals surface area contributed by atoms with Gasteiger partial charge in [0.25, 0.3) is 5.91 Å². The number of hydrogen-bond donors (Lipinski definition) is 1. The van der Waals surface area contributed by atoms with E-state index in [1.165, 1.54) is 23.5 Å². The quantitative estimate of drug-likeness (QED) is 0.900. The van der Waals surface area contributed by atoms with Gasteiger partial charge in [-0.25, -0.2) is 9.37 Å². The highest BCUT2D eigenvalue weighted by Crippen LogP contribution is 2.14. The maximum absolute atomic E-state index is 13.2. The largest absolute Gasteiger partial charge is 0.481 e. The molecule has 2 rings (SSSR count). The van der Waals surface area contributed by atoms with Crippen molar-refractivity contribution in [3.05, 3.63) is 46.7 Å². The molecule has 1 aromatic carbocycles. The molecule has 0 radical (unpaired) electrons. The number of nitrogens with one attached hydrogen (secondary N) is 1. The number of nitrogens with zero attached hydrogens (tertiary/aromatic N) is 1. The fraction of sp³-hybridized carbons (Fsp3) is 0.167. The molecule has 0 unspecified atom stereocenters. The van der Waals surface area contributed by atoms with Crippen LogP contribution in [0.2, 0.25) is 0 Å². The van der Waals surface area contributed by atoms with Gasteiger partial charge in [-0.15, -0.1) is 11.3 Å². The maximum atomic E-state index is 13.2. The number of halogens is 1. The lowest BCUT2D eigenvalue weighted by Crippen LogP contribution is -2.28. The second-order valence-corrected chi connectivity index (χ2v) is 4.40. The fourth-order valence-corrected chi connectivity index (χ4v) is 1.83. The smallest absolute Gasteiger partial charge is 0.258 e. The number of hydrogen-bond acceptors (Lipinski definition) is 4. The Labute approximate surface area is 107 Å². The minimum atomic E-state index is -0.481. The van der Waals surface area contributed by atoms with E-state index in [0.29, 0.717) is 6.54 Å². The first kappa shape index (κ1) is 12.5. The minimum absolute atomic E-state index is 0.0712. The van der Waals surface area contributed by atoms with Crippen molar-refractivity contribution >= 4 is 17.2 Å². The molecule has 0 spiro atoms. The lowest BCUT2D eigenvalue weighted by Gasteiger charge is -2.06. The van der Waals surface area contributed by atoms with Gasteiger partial charge in [-0.1, -0.05) is 12.1 Å². The summed E-state index contributed by atoms with van der Waals surface area (Å²) in [5, 5.41) is 5.28. The van der Waals surface area contributed by atoms with E-state index in [9.17, 15) is 9.18 Å². The molecule has 0 aliphatic heterocycles. The zero-order chi connectivity index (χ0) is 12.8. The van der Waals surface area contributed by atoms with Crippen molar-refractivity contribution in [2.24, 2.45) is 0 Å². The van der Waals surface area contributed by atoms with Crippen LogP contribution < -0.4 is 10.1 Å². The third kappa shape index (κ3) is 3.53. The summed E-state index contributed by atoms with van der Waals surface area (Å²) >= 11 is 1.46. The third-order valence-electron chi connectivity index (χ3n) is 2.12. The van der Waals surface area contributed by atoms with Gasteiger partial charge in [-0.05, 0) is 12.1 Å². The monoisotopic (exact) mass is 266 g/mol. The van der Waals surface area contributed by atoms with Gasteiger partial charge >= 0.3 is 0 Å². The van der Waals surface area contributed by atoms with Crippen LogP contribution in [-0.2, 0) is 11.3 Å². The number of aromatic nitrogens is 1. The highest BCUT2D eigenvalue weighted by molar-refractivity contribution is 7.09. The van der Waals surface area contributed by atoms with Crippen molar-refractivity contribution in [2.45, 2.75) is 6.54 Å². The van der Waals surface area contributed by atoms with Crippen molar-refractivity contribution in [1.29, 1.82) is 0 Å². The Morgan fingerprint density at radius 3 is 3.00 bits per heavy atom. The van der Waals surface area contributed by atoms with Gasteiger partial charge in [0.1, 0.15) is 5.01 Å². The average molecular weight is 266 g/mol. The van der Waals surface area contributed by atoms with Crippen LogP contribution in [0.25, 0.3) is 0 Å². The van der Waals surface area contributed by atoms with E-state index in [-0.39, 0.29) is 18.3 Å². The van der Waals surface area contributed by atoms with Crippen LogP contribution in [0.4, 0.5) is 4.39 Å². The predicted octanol–water partition coefficient (Wildman–Crippen LogP) is 1.98. The Morgan fingerprint density at radius 2 is 2.28 bits per heavy atom. The number of thiazole rings is 1. The van der Waals surface area contributed by atoms with Crippen LogP contribution in [0.5, 0.6) is 5.75 Å². The molecule has 0 aliphatic carbocycles. The second-order valence-electron chi connectivity index (χ2n) is 3.42. The Balaban J connectivity index is 1.77. The van der Waals surface area contributed by atoms with Crippen LogP contribution >= 0.6 is 11.3 Å². The molecule has 0 saturated carbocycles. The first-order valence-electron chi connectivity index (χ1n) is 5.28. The molecule has 94 valence electrons. The van der Waals surface area contributed by atoms with Crippen molar-refractivity contribution in [3.63, 3.8) is 0 Å². The van der Waals surface area contributed by atoms with E-state index >= 15 is 0 Å². The summed E-state index contributed by atoms with van der Waals surface area (Å²) in [5.74, 6) is -0.722. The Hall–Kier alpha value is -1.95. The van der Waals surface area contributed by atoms with E-state index in [4.69, 9.17) is 4.74 Å². The molecule has 0 fully saturated rings. The average Bonchev–Trinajstić information content (AvgIpc) is 2.88. The molecule has 0 bridgehead atoms. The van der Waals surface area contributed by atoms with Crippen LogP contribution in [0.3, 0.4) is 0 Å². The standard InChI is InChI=1S/C12H11FN2O2S/c13-9-3-1-2-4-10(9)17-8-11(16)15-7-12-14-5-6-18-12/h1-6H,7-8H2,(H,15,16). The van der Waals surface area contributed by atoms with Crippen LogP contribution in [-0.4, -0.2) is 17.5 Å². The summed E-state index contributed by atoms with van der Waals surface area (Å²) in [4.78, 5) is 15.5. The third-order valence-corrected chi connectivity index (χ3v) is 2.90. The second kappa shape index (κ2) is 6.11. The van der Waals surface area contributed by atoms with E-state index in [2.05, 4.69) is 10.3 Å². The zero-order valence-corrected chi connectivity index (χ0v) is 10.2. The number of para-hydroxylation sites is 1. The summed E-state index contributed by atoms with van der Waals surface area (Å²) in [5.41, 5.74) is 0. The Morgan fingerprint density at radius 1 is 1.44 bits per heavy atom. The lowest BCUT2D eigenvalue weighted by molar-refractivity contribution is -0.123. The van der Waals surface area contributed by atoms with E-state index < -0.39 is 5.82 Å². The van der Waals surface area contributed by atoms with Gasteiger partial charge in [0.15, 0.2) is 18.2 Å². The molecule has 4 nitrogen and oxygen atoms in total. The van der Waals surface area contributed by atoms with Crippen molar-refractivity contribution in [1.82, 2.24) is 10.3 Å². The number of amides is 1. The molecule has 1 heterocycles. The molecule has 0 atom stereocenters. The lowest BCUT2D eigenvalue weighted by atomic mass is 10.3. The molecule has 1 amide bonds. The molecule has 0 aliphatic rings. The molecular formula is C12H11FN2O2S. The van der Waals surface area contributed by atoms with Gasteiger partial charge in [0.05, 0.1) is 6.54 Å². The number of benzene rings is 1. The van der Waals surface area contributed by atoms with E-state index in [0.717, 1.165) is 5.01 Å². The van der Waals surface area contributed by atoms with Crippen molar-refractivity contribution < 1.29 is 13.9 Å². The van der Waals surface area contributed by atoms with Gasteiger partial charge in [-0.2, -0.15) is 0 Å². The van der Waals surface area contributed by atoms with E-state index in [1.807, 2.05) is 5.38 Å². The first-order chi connectivity index (χ1) is 8.75. The molecule has 0 saturated heterocycles. The molecule has 2 aromatic rings. The molecule has 18 heavy (non-hydrogen) atoms. The van der Waals surface area contributed by atoms with E-state index in [1.54, 1.807) is 18.3 Å². The van der Waals surface area contributed by atoms with Crippen LogP contribution in [0.1, 0.15) is 5.01 Å². The highest BCUT2D eigenvalue weighted by Gasteiger charge is 2.06. The Bertz CT molecular complexity index is 517. The minimum Gasteiger partial charge on any atom is -0.481 e. The summed E-state index contributed by atoms with van der Waals surface area (Å²) in [6, 6.07) is 5.96. The molecule has 1 aromatic heterocycles. The normalized spacial score (nSPS) is 10.1. The van der Waals surface area contributed by atoms with Crippen molar-refractivity contribution in [2.75, 3.05) is 6.61 Å². The van der Waals surface area contributed by atoms with Crippen molar-refractivity contribution in [3.8, 4) is 5.75 Å². The predicted molar refractivity (Wildman–Crippen MR) is 65.9 cm³/mol. The molecule has 1 N–H and O–H groups in total. The van der Waals surface area contributed by atoms with Gasteiger partial charge in [0.2, 0.25) is 0 Å². The summed E-state index contributed by atoms with van der Waals surface area (Å²) in [6.07, 6.45) is 1.67. The van der Waals surface area contributed by atoms with Gasteiger partial charge in [-0.3, -0.25) is 4.79 Å². The van der Waals surface area contributed by atoms with Gasteiger partial charge in [0, 0.05) is 11.6 Å². The number of ether oxygens (including phenoxy) is 1. The first-order valence-corrected chi connectivity index (χ1v) is 6.16. The maximum Gasteiger partial charge on any atom is 0.258 e. The zero-order valence-electron chi connectivity index (χ0n) is 9.43. The van der Waals surface area contributed by atoms with Crippen LogP contribution in [0.15, 0.2) is 35.8 Å². The molecule has 6 heteroatoms. The summed E-state index contributed by atoms with van der Waals surface area (Å²) in [6.45, 7) is 0.142. The summed E-state index contributed by atoms with van der Waals surface area (Å²) in [7, 11) is 0. The van der Waals surface area contributed by atoms with Crippen LogP contribution in [0, 0.1) is 5.82 Å². The topological polar surface area (TPSA) is 51.2 Å². The number of carbonyl (C=O) groups is 1. The highest BCUT2D eigenvalue weighted by atomic mass is 32.1. The number of carbonyl (C=O) groups excluding carboxylic acids is 1. The number of rotatable bonds is 5. The fourth-order valence-electron chi connectivity index (χ4n) is 1.27. The Kier molecular flexibility index (Phi) is 4.25.